The third-order valence-corrected chi connectivity index (χ3v) is 3.28. The van der Waals surface area contributed by atoms with Crippen LogP contribution in [0.5, 0.6) is 0 Å². The lowest BCUT2D eigenvalue weighted by Gasteiger charge is -2.16. The third-order valence-electron chi connectivity index (χ3n) is 3.28. The maximum atomic E-state index is 3.11. The van der Waals surface area contributed by atoms with Crippen molar-refractivity contribution in [3.05, 3.63) is 35.9 Å². The fraction of sp³-hybridized carbons (Fsp3) is 0.625. The van der Waals surface area contributed by atoms with Crippen LogP contribution in [0, 0.1) is 6.07 Å². The van der Waals surface area contributed by atoms with Gasteiger partial charge in [-0.25, -0.2) is 0 Å². The Kier molecular flexibility index (Phi) is 6.96. The molecule has 0 aliphatic heterocycles. The first-order chi connectivity index (χ1) is 7.88. The minimum Gasteiger partial charge on any atom is -0.0654 e. The van der Waals surface area contributed by atoms with E-state index >= 15 is 0 Å². The van der Waals surface area contributed by atoms with E-state index in [9.17, 15) is 0 Å². The van der Waals surface area contributed by atoms with E-state index in [-0.39, 0.29) is 0 Å². The van der Waals surface area contributed by atoms with Crippen LogP contribution < -0.4 is 0 Å². The highest BCUT2D eigenvalue weighted by Gasteiger charge is 2.09. The molecule has 1 aromatic rings. The van der Waals surface area contributed by atoms with Crippen molar-refractivity contribution < 1.29 is 0 Å². The van der Waals surface area contributed by atoms with Gasteiger partial charge in [0.15, 0.2) is 0 Å². The maximum Gasteiger partial charge on any atom is -0.0162 e. The highest BCUT2D eigenvalue weighted by Crippen LogP contribution is 2.27. The zero-order valence-electron chi connectivity index (χ0n) is 10.8. The molecule has 0 heterocycles. The summed E-state index contributed by atoms with van der Waals surface area (Å²) in [4.78, 5) is 0. The van der Waals surface area contributed by atoms with Gasteiger partial charge in [0.2, 0.25) is 0 Å². The van der Waals surface area contributed by atoms with Gasteiger partial charge in [0.25, 0.3) is 0 Å². The van der Waals surface area contributed by atoms with Crippen LogP contribution in [0.3, 0.4) is 0 Å². The van der Waals surface area contributed by atoms with Gasteiger partial charge in [0.05, 0.1) is 0 Å². The largest absolute Gasteiger partial charge is 0.0654 e. The number of hydrogen-bond donors (Lipinski definition) is 0. The Morgan fingerprint density at radius 3 is 2.19 bits per heavy atom. The summed E-state index contributed by atoms with van der Waals surface area (Å²) >= 11 is 0. The summed E-state index contributed by atoms with van der Waals surface area (Å²) < 4.78 is 0. The minimum atomic E-state index is 0.779. The maximum absolute atomic E-state index is 3.11. The van der Waals surface area contributed by atoms with Crippen LogP contribution in [-0.4, -0.2) is 0 Å². The predicted octanol–water partition coefficient (Wildman–Crippen LogP) is 5.34. The molecule has 89 valence electrons. The van der Waals surface area contributed by atoms with E-state index in [2.05, 4.69) is 32.0 Å². The van der Waals surface area contributed by atoms with Gasteiger partial charge in [-0.1, -0.05) is 70.2 Å². The molecule has 1 radical (unpaired) electrons. The molecule has 0 nitrogen and oxygen atoms in total. The monoisotopic (exact) mass is 217 g/mol. The van der Waals surface area contributed by atoms with E-state index in [1.54, 1.807) is 0 Å². The van der Waals surface area contributed by atoms with E-state index in [1.807, 2.05) is 12.1 Å². The number of benzene rings is 1. The minimum absolute atomic E-state index is 0.779. The van der Waals surface area contributed by atoms with Crippen molar-refractivity contribution in [3.8, 4) is 0 Å². The van der Waals surface area contributed by atoms with Gasteiger partial charge in [-0.15, -0.1) is 0 Å². The van der Waals surface area contributed by atoms with Gasteiger partial charge in [-0.05, 0) is 30.4 Å². The summed E-state index contributed by atoms with van der Waals surface area (Å²) in [7, 11) is 0. The molecule has 0 saturated carbocycles. The van der Waals surface area contributed by atoms with Crippen molar-refractivity contribution in [1.29, 1.82) is 0 Å². The van der Waals surface area contributed by atoms with E-state index in [0.717, 1.165) is 5.92 Å². The summed E-state index contributed by atoms with van der Waals surface area (Å²) in [5.74, 6) is 0.779. The lowest BCUT2D eigenvalue weighted by Crippen LogP contribution is -1.99. The molecule has 0 aliphatic rings. The first-order valence-corrected chi connectivity index (χ1v) is 6.84. The molecule has 0 aromatic heterocycles. The summed E-state index contributed by atoms with van der Waals surface area (Å²) in [6.07, 6.45) is 9.45. The summed E-state index contributed by atoms with van der Waals surface area (Å²) in [5, 5.41) is 0. The zero-order chi connectivity index (χ0) is 11.6. The second kappa shape index (κ2) is 8.38. The van der Waals surface area contributed by atoms with Crippen LogP contribution in [0.2, 0.25) is 0 Å². The van der Waals surface area contributed by atoms with Crippen LogP contribution in [0.4, 0.5) is 0 Å². The Labute approximate surface area is 101 Å². The zero-order valence-corrected chi connectivity index (χ0v) is 10.8. The van der Waals surface area contributed by atoms with Gasteiger partial charge in [0.1, 0.15) is 0 Å². The predicted molar refractivity (Wildman–Crippen MR) is 71.7 cm³/mol. The van der Waals surface area contributed by atoms with E-state index in [1.165, 1.54) is 50.5 Å². The smallest absolute Gasteiger partial charge is 0.0162 e. The number of hydrogen-bond acceptors (Lipinski definition) is 0. The molecule has 0 fully saturated rings. The first kappa shape index (κ1) is 13.3. The third kappa shape index (κ3) is 4.83. The Bertz CT molecular complexity index is 250. The van der Waals surface area contributed by atoms with Crippen LogP contribution in [-0.2, 0) is 0 Å². The average Bonchev–Trinajstić information content (AvgIpc) is 2.35. The van der Waals surface area contributed by atoms with E-state index in [4.69, 9.17) is 0 Å². The molecule has 0 bridgehead atoms. The SMILES string of the molecule is CCCCCC(CCCC)c1cc[c]cc1. The highest BCUT2D eigenvalue weighted by atomic mass is 14.1. The topological polar surface area (TPSA) is 0 Å². The second-order valence-electron chi connectivity index (χ2n) is 4.67. The standard InChI is InChI=1S/C16H25/c1-3-5-8-12-15(11-6-4-2)16-13-9-7-10-14-16/h9-10,13-15H,3-6,8,11-12H2,1-2H3. The number of unbranched alkanes of at least 4 members (excludes halogenated alkanes) is 3. The summed E-state index contributed by atoms with van der Waals surface area (Å²) in [6.45, 7) is 4.56. The van der Waals surface area contributed by atoms with Crippen LogP contribution >= 0.6 is 0 Å². The van der Waals surface area contributed by atoms with E-state index < -0.39 is 0 Å². The summed E-state index contributed by atoms with van der Waals surface area (Å²) in [5.41, 5.74) is 1.52. The molecule has 0 N–H and O–H groups in total. The quantitative estimate of drug-likeness (QED) is 0.515. The lowest BCUT2D eigenvalue weighted by atomic mass is 9.89. The average molecular weight is 217 g/mol. The molecule has 1 rings (SSSR count). The second-order valence-corrected chi connectivity index (χ2v) is 4.67. The van der Waals surface area contributed by atoms with Crippen LogP contribution in [0.15, 0.2) is 24.3 Å². The van der Waals surface area contributed by atoms with Gasteiger partial charge >= 0.3 is 0 Å². The molecule has 0 aliphatic carbocycles. The normalized spacial score (nSPS) is 12.6. The van der Waals surface area contributed by atoms with Crippen molar-refractivity contribution in [2.75, 3.05) is 0 Å². The Morgan fingerprint density at radius 2 is 1.56 bits per heavy atom. The molecule has 1 aromatic carbocycles. The molecule has 0 amide bonds. The van der Waals surface area contributed by atoms with Crippen LogP contribution in [0.1, 0.15) is 70.3 Å². The molecular weight excluding hydrogens is 192 g/mol. The molecule has 1 atom stereocenters. The molecule has 1 unspecified atom stereocenters. The molecule has 0 heteroatoms. The lowest BCUT2D eigenvalue weighted by molar-refractivity contribution is 0.515. The van der Waals surface area contributed by atoms with E-state index in [0.29, 0.717) is 0 Å². The van der Waals surface area contributed by atoms with Crippen molar-refractivity contribution in [1.82, 2.24) is 0 Å². The van der Waals surface area contributed by atoms with Crippen molar-refractivity contribution in [2.24, 2.45) is 0 Å². The van der Waals surface area contributed by atoms with Crippen molar-refractivity contribution in [3.63, 3.8) is 0 Å². The van der Waals surface area contributed by atoms with Crippen LogP contribution in [0.25, 0.3) is 0 Å². The fourth-order valence-corrected chi connectivity index (χ4v) is 2.24. The fourth-order valence-electron chi connectivity index (χ4n) is 2.24. The van der Waals surface area contributed by atoms with Crippen molar-refractivity contribution in [2.45, 2.75) is 64.7 Å². The number of rotatable bonds is 8. The molecule has 16 heavy (non-hydrogen) atoms. The Balaban J connectivity index is 2.49. The highest BCUT2D eigenvalue weighted by molar-refractivity contribution is 5.18. The van der Waals surface area contributed by atoms with Gasteiger partial charge < -0.3 is 0 Å². The summed E-state index contributed by atoms with van der Waals surface area (Å²) in [6, 6.07) is 11.7. The molecular formula is C16H25. The molecule has 0 spiro atoms. The van der Waals surface area contributed by atoms with Gasteiger partial charge in [-0.2, -0.15) is 0 Å². The molecule has 0 saturated heterocycles. The van der Waals surface area contributed by atoms with Gasteiger partial charge in [-0.3, -0.25) is 0 Å². The first-order valence-electron chi connectivity index (χ1n) is 6.84. The Morgan fingerprint density at radius 1 is 0.938 bits per heavy atom. The van der Waals surface area contributed by atoms with Gasteiger partial charge in [0, 0.05) is 0 Å². The van der Waals surface area contributed by atoms with Crippen molar-refractivity contribution >= 4 is 0 Å². The Hall–Kier alpha value is -0.780.